The Bertz CT molecular complexity index is 1600. The molecule has 4 aromatic rings. The summed E-state index contributed by atoms with van der Waals surface area (Å²) in [5, 5.41) is 10.6. The van der Waals surface area contributed by atoms with Crippen molar-refractivity contribution < 1.29 is 28.7 Å². The van der Waals surface area contributed by atoms with Crippen LogP contribution in [0.2, 0.25) is 0 Å². The number of rotatable bonds is 8. The first-order chi connectivity index (χ1) is 21.7. The number of ether oxygens (including phenoxy) is 3. The monoisotopic (exact) mass is 837 g/mol. The number of amides is 2. The minimum Gasteiger partial charge on any atom is -0.471 e. The Kier molecular flexibility index (Phi) is 10.9. The fourth-order valence-electron chi connectivity index (χ4n) is 4.07. The maximum atomic E-state index is 12.0. The zero-order valence-electron chi connectivity index (χ0n) is 23.4. The van der Waals surface area contributed by atoms with Crippen LogP contribution >= 0.6 is 45.2 Å². The van der Waals surface area contributed by atoms with Crippen LogP contribution in [0.5, 0.6) is 17.5 Å². The predicted octanol–water partition coefficient (Wildman–Crippen LogP) is 4.16. The van der Waals surface area contributed by atoms with E-state index in [-0.39, 0.29) is 29.6 Å². The van der Waals surface area contributed by atoms with Crippen molar-refractivity contribution >= 4 is 62.9 Å². The van der Waals surface area contributed by atoms with Gasteiger partial charge in [0.15, 0.2) is 0 Å². The van der Waals surface area contributed by atoms with E-state index < -0.39 is 11.0 Å². The Hall–Kier alpha value is -4.20. The summed E-state index contributed by atoms with van der Waals surface area (Å²) in [4.78, 5) is 53.5. The fourth-order valence-corrected chi connectivity index (χ4v) is 4.71. The molecule has 0 spiro atoms. The van der Waals surface area contributed by atoms with Gasteiger partial charge in [0.1, 0.15) is 24.3 Å². The lowest BCUT2D eigenvalue weighted by Crippen LogP contribution is -2.57. The van der Waals surface area contributed by atoms with Gasteiger partial charge in [-0.1, -0.05) is 0 Å². The lowest BCUT2D eigenvalue weighted by Gasteiger charge is -2.38. The third-order valence-electron chi connectivity index (χ3n) is 6.51. The van der Waals surface area contributed by atoms with Crippen LogP contribution in [0.1, 0.15) is 5.69 Å². The Morgan fingerprint density at radius 3 is 1.89 bits per heavy atom. The Morgan fingerprint density at radius 1 is 0.822 bits per heavy atom. The molecule has 0 aliphatic carbocycles. The van der Waals surface area contributed by atoms with Crippen molar-refractivity contribution in [2.75, 3.05) is 26.2 Å². The summed E-state index contributed by atoms with van der Waals surface area (Å²) < 4.78 is 18.6. The van der Waals surface area contributed by atoms with Crippen LogP contribution in [0, 0.1) is 17.3 Å². The maximum Gasteiger partial charge on any atom is 0.415 e. The minimum absolute atomic E-state index is 0.0203. The van der Waals surface area contributed by atoms with Crippen LogP contribution < -0.4 is 14.2 Å². The van der Waals surface area contributed by atoms with Gasteiger partial charge in [-0.05, 0) is 75.5 Å². The van der Waals surface area contributed by atoms with Gasteiger partial charge in [0.05, 0.1) is 43.2 Å². The Labute approximate surface area is 284 Å². The normalized spacial score (nSPS) is 14.3. The van der Waals surface area contributed by atoms with Gasteiger partial charge >= 0.3 is 6.09 Å². The summed E-state index contributed by atoms with van der Waals surface area (Å²) in [5.74, 6) is 1.44. The fraction of sp³-hybridized carbons (Fsp3) is 0.241. The third-order valence-corrected chi connectivity index (χ3v) is 7.79. The van der Waals surface area contributed by atoms with E-state index in [9.17, 15) is 19.7 Å². The van der Waals surface area contributed by atoms with Crippen molar-refractivity contribution in [2.45, 2.75) is 18.6 Å². The lowest BCUT2D eigenvalue weighted by molar-refractivity contribution is -0.384. The second-order valence-electron chi connectivity index (χ2n) is 9.81. The topological polar surface area (TPSA) is 163 Å². The number of benzene rings is 1. The first-order valence-electron chi connectivity index (χ1n) is 13.5. The van der Waals surface area contributed by atoms with Crippen LogP contribution in [0.4, 0.5) is 10.5 Å². The zero-order chi connectivity index (χ0) is 31.8. The smallest absolute Gasteiger partial charge is 0.415 e. The number of carbonyl (C=O) groups excluding carboxylic acids is 2. The van der Waals surface area contributed by atoms with E-state index in [1.54, 1.807) is 35.6 Å². The summed E-state index contributed by atoms with van der Waals surface area (Å²) in [6.07, 6.45) is 6.24. The molecule has 5 heterocycles. The summed E-state index contributed by atoms with van der Waals surface area (Å²) in [5.41, 5.74) is 0.677. The number of halogens is 2. The molecular weight excluding hydrogens is 812 g/mol. The molecule has 232 valence electrons. The number of hydrogen-bond donors (Lipinski definition) is 0. The Balaban J connectivity index is 0.000000179. The van der Waals surface area contributed by atoms with Gasteiger partial charge in [-0.15, -0.1) is 0 Å². The van der Waals surface area contributed by atoms with Crippen molar-refractivity contribution in [2.24, 2.45) is 0 Å². The van der Waals surface area contributed by atoms with E-state index in [1.165, 1.54) is 35.5 Å². The third kappa shape index (κ3) is 9.40. The molecule has 0 radical (unpaired) electrons. The second-order valence-corrected chi connectivity index (χ2v) is 12.3. The van der Waals surface area contributed by atoms with Crippen molar-refractivity contribution in [3.63, 3.8) is 0 Å². The highest BCUT2D eigenvalue weighted by atomic mass is 127. The van der Waals surface area contributed by atoms with E-state index >= 15 is 0 Å². The molecule has 2 saturated heterocycles. The largest absolute Gasteiger partial charge is 0.471 e. The molecule has 0 bridgehead atoms. The summed E-state index contributed by atoms with van der Waals surface area (Å²) in [7, 11) is 0. The quantitative estimate of drug-likeness (QED) is 0.142. The molecule has 0 atom stereocenters. The molecule has 0 unspecified atom stereocenters. The number of nitro groups is 1. The van der Waals surface area contributed by atoms with Crippen LogP contribution in [0.25, 0.3) is 0 Å². The van der Waals surface area contributed by atoms with Gasteiger partial charge in [-0.25, -0.2) is 24.7 Å². The number of nitrogens with zero attached hydrogens (tertiary/aromatic N) is 7. The molecule has 2 aliphatic heterocycles. The van der Waals surface area contributed by atoms with Gasteiger partial charge in [0.25, 0.3) is 5.69 Å². The van der Waals surface area contributed by atoms with E-state index in [0.29, 0.717) is 44.4 Å². The average Bonchev–Trinajstić information content (AvgIpc) is 2.99. The standard InChI is InChI=1S/C15H12IN3O5.C14H13IN4O2/c16-10-1-6-14(17-7-10)23-13-8-18(9-13)15(20)24-12-4-2-11(3-5-12)19(21)22;15-10-1-2-13(17-6-10)21-12-7-19(8-12)14(20)5-11-3-4-16-9-18-11/h1-7,13H,8-9H2;1-4,6,9,12H,5,7-8H2. The van der Waals surface area contributed by atoms with Crippen LogP contribution in [0.3, 0.4) is 0 Å². The molecule has 1 aromatic carbocycles. The first kappa shape index (κ1) is 32.2. The van der Waals surface area contributed by atoms with E-state index in [1.807, 2.05) is 18.2 Å². The molecular formula is C29H25I2N7O7. The first-order valence-corrected chi connectivity index (χ1v) is 15.7. The van der Waals surface area contributed by atoms with Gasteiger partial charge in [0.2, 0.25) is 17.7 Å². The number of pyridine rings is 2. The lowest BCUT2D eigenvalue weighted by atomic mass is 10.1. The summed E-state index contributed by atoms with van der Waals surface area (Å²) >= 11 is 4.35. The van der Waals surface area contributed by atoms with Crippen molar-refractivity contribution in [1.82, 2.24) is 29.7 Å². The molecule has 2 amide bonds. The number of likely N-dealkylation sites (tertiary alicyclic amines) is 2. The maximum absolute atomic E-state index is 12.0. The summed E-state index contributed by atoms with van der Waals surface area (Å²) in [6, 6.07) is 14.6. The minimum atomic E-state index is -0.515. The molecule has 16 heteroatoms. The molecule has 2 aliphatic rings. The van der Waals surface area contributed by atoms with Gasteiger partial charge in [-0.3, -0.25) is 14.9 Å². The number of non-ortho nitro benzene ring substituents is 1. The predicted molar refractivity (Wildman–Crippen MR) is 176 cm³/mol. The SMILES string of the molecule is O=C(Cc1ccncn1)N1CC(Oc2ccc(I)cn2)C1.O=C(Oc1ccc([N+](=O)[O-])cc1)N1CC(Oc2ccc(I)cn2)C1. The summed E-state index contributed by atoms with van der Waals surface area (Å²) in [6.45, 7) is 1.99. The van der Waals surface area contributed by atoms with Crippen molar-refractivity contribution in [3.05, 3.63) is 102 Å². The molecule has 2 fully saturated rings. The highest BCUT2D eigenvalue weighted by Gasteiger charge is 2.34. The van der Waals surface area contributed by atoms with Gasteiger partial charge in [0, 0.05) is 50.0 Å². The van der Waals surface area contributed by atoms with Gasteiger partial charge < -0.3 is 24.0 Å². The van der Waals surface area contributed by atoms with Crippen LogP contribution in [-0.4, -0.2) is 85.0 Å². The zero-order valence-corrected chi connectivity index (χ0v) is 27.8. The van der Waals surface area contributed by atoms with E-state index in [2.05, 4.69) is 65.1 Å². The van der Waals surface area contributed by atoms with Crippen molar-refractivity contribution in [1.29, 1.82) is 0 Å². The highest BCUT2D eigenvalue weighted by Crippen LogP contribution is 2.22. The van der Waals surface area contributed by atoms with Crippen LogP contribution in [0.15, 0.2) is 79.5 Å². The highest BCUT2D eigenvalue weighted by molar-refractivity contribution is 14.1. The number of nitro benzene ring substituents is 1. The van der Waals surface area contributed by atoms with E-state index in [4.69, 9.17) is 14.2 Å². The molecule has 6 rings (SSSR count). The molecule has 45 heavy (non-hydrogen) atoms. The second kappa shape index (κ2) is 15.2. The Morgan fingerprint density at radius 2 is 1.40 bits per heavy atom. The number of aromatic nitrogens is 4. The van der Waals surface area contributed by atoms with E-state index in [0.717, 1.165) is 12.8 Å². The number of carbonyl (C=O) groups is 2. The van der Waals surface area contributed by atoms with Crippen molar-refractivity contribution in [3.8, 4) is 17.5 Å². The molecule has 3 aromatic heterocycles. The molecule has 0 saturated carbocycles. The van der Waals surface area contributed by atoms with Crippen LogP contribution in [-0.2, 0) is 11.2 Å². The molecule has 14 nitrogen and oxygen atoms in total. The van der Waals surface area contributed by atoms with Gasteiger partial charge in [-0.2, -0.15) is 0 Å². The average molecular weight is 837 g/mol. The molecule has 0 N–H and O–H groups in total. The number of hydrogen-bond acceptors (Lipinski definition) is 11.